The quantitative estimate of drug-likeness (QED) is 0.491. The summed E-state index contributed by atoms with van der Waals surface area (Å²) in [5, 5.41) is 11.8. The van der Waals surface area contributed by atoms with Gasteiger partial charge in [0, 0.05) is 51.5 Å². The maximum Gasteiger partial charge on any atom is 0.293 e. The number of carbonyl (C=O) groups is 1. The number of rotatable bonds is 6. The molecule has 1 amide bonds. The number of primary amides is 1. The van der Waals surface area contributed by atoms with Crippen LogP contribution in [0.15, 0.2) is 41.4 Å². The summed E-state index contributed by atoms with van der Waals surface area (Å²) in [5.41, 5.74) is 5.91. The molecule has 0 atom stereocenters. The average molecular weight is 475 g/mol. The van der Waals surface area contributed by atoms with Crippen LogP contribution in [0.5, 0.6) is 0 Å². The van der Waals surface area contributed by atoms with E-state index in [1.807, 2.05) is 9.80 Å². The number of benzene rings is 1. The first-order valence-electron chi connectivity index (χ1n) is 10.8. The highest BCUT2D eigenvalue weighted by atomic mass is 32.2. The van der Waals surface area contributed by atoms with Gasteiger partial charge in [0.1, 0.15) is 11.5 Å². The van der Waals surface area contributed by atoms with Crippen LogP contribution in [0.2, 0.25) is 0 Å². The fraction of sp³-hybridized carbons (Fsp3) is 0.429. The van der Waals surface area contributed by atoms with E-state index in [2.05, 4.69) is 4.98 Å². The molecule has 0 radical (unpaired) electrons. The van der Waals surface area contributed by atoms with E-state index >= 15 is 0 Å². The predicted molar refractivity (Wildman–Crippen MR) is 123 cm³/mol. The molecule has 12 heteroatoms. The molecule has 11 nitrogen and oxygen atoms in total. The van der Waals surface area contributed by atoms with Gasteiger partial charge in [-0.25, -0.2) is 13.4 Å². The second kappa shape index (κ2) is 9.32. The number of anilines is 2. The van der Waals surface area contributed by atoms with Gasteiger partial charge in [0.15, 0.2) is 0 Å². The minimum atomic E-state index is -3.77. The number of pyridine rings is 1. The molecule has 0 spiro atoms. The molecule has 2 N–H and O–H groups in total. The number of nitrogens with zero attached hydrogens (tertiary/aromatic N) is 5. The van der Waals surface area contributed by atoms with Crippen LogP contribution in [-0.4, -0.2) is 67.8 Å². The number of carbonyl (C=O) groups excluding carboxylic acids is 1. The van der Waals surface area contributed by atoms with Crippen molar-refractivity contribution in [1.82, 2.24) is 9.29 Å². The van der Waals surface area contributed by atoms with Crippen molar-refractivity contribution in [3.63, 3.8) is 0 Å². The maximum atomic E-state index is 13.0. The van der Waals surface area contributed by atoms with E-state index in [-0.39, 0.29) is 10.6 Å². The third kappa shape index (κ3) is 4.62. The summed E-state index contributed by atoms with van der Waals surface area (Å²) in [6.07, 6.45) is 4.14. The van der Waals surface area contributed by atoms with Gasteiger partial charge in [-0.3, -0.25) is 14.9 Å². The van der Waals surface area contributed by atoms with Gasteiger partial charge in [-0.05, 0) is 37.1 Å². The Balaban J connectivity index is 1.55. The van der Waals surface area contributed by atoms with Gasteiger partial charge in [-0.15, -0.1) is 0 Å². The van der Waals surface area contributed by atoms with Crippen molar-refractivity contribution in [3.8, 4) is 0 Å². The number of nitro benzene ring substituents is 1. The van der Waals surface area contributed by atoms with Crippen LogP contribution in [-0.2, 0) is 10.0 Å². The monoisotopic (exact) mass is 474 g/mol. The maximum absolute atomic E-state index is 13.0. The molecular formula is C21H26N6O5S. The van der Waals surface area contributed by atoms with E-state index in [0.717, 1.165) is 25.3 Å². The van der Waals surface area contributed by atoms with Crippen LogP contribution in [0, 0.1) is 10.1 Å². The lowest BCUT2D eigenvalue weighted by Crippen LogP contribution is -2.47. The van der Waals surface area contributed by atoms with Crippen molar-refractivity contribution in [2.75, 3.05) is 49.1 Å². The third-order valence-corrected chi connectivity index (χ3v) is 7.96. The molecule has 2 fully saturated rings. The summed E-state index contributed by atoms with van der Waals surface area (Å²) >= 11 is 0. The molecule has 0 bridgehead atoms. The molecule has 0 aliphatic carbocycles. The number of hydrogen-bond donors (Lipinski definition) is 1. The van der Waals surface area contributed by atoms with Gasteiger partial charge in [0.2, 0.25) is 10.0 Å². The molecule has 2 aliphatic heterocycles. The Morgan fingerprint density at radius 1 is 1.00 bits per heavy atom. The lowest BCUT2D eigenvalue weighted by molar-refractivity contribution is -0.384. The highest BCUT2D eigenvalue weighted by Gasteiger charge is 2.31. The molecule has 33 heavy (non-hydrogen) atoms. The van der Waals surface area contributed by atoms with Crippen molar-refractivity contribution in [3.05, 3.63) is 52.2 Å². The Bertz CT molecular complexity index is 1160. The molecule has 4 rings (SSSR count). The second-order valence-corrected chi connectivity index (χ2v) is 10.0. The van der Waals surface area contributed by atoms with E-state index < -0.39 is 20.9 Å². The average Bonchev–Trinajstić information content (AvgIpc) is 2.84. The zero-order valence-electron chi connectivity index (χ0n) is 18.1. The van der Waals surface area contributed by atoms with Crippen LogP contribution in [0.1, 0.15) is 29.6 Å². The number of piperazine rings is 1. The Morgan fingerprint density at radius 3 is 2.30 bits per heavy atom. The van der Waals surface area contributed by atoms with Gasteiger partial charge in [0.05, 0.1) is 15.4 Å². The van der Waals surface area contributed by atoms with Gasteiger partial charge in [0.25, 0.3) is 11.6 Å². The summed E-state index contributed by atoms with van der Waals surface area (Å²) in [6.45, 7) is 2.69. The first-order valence-corrected chi connectivity index (χ1v) is 12.3. The first kappa shape index (κ1) is 22.9. The normalized spacial score (nSPS) is 17.7. The van der Waals surface area contributed by atoms with Crippen LogP contribution in [0.4, 0.5) is 17.2 Å². The number of hydrogen-bond acceptors (Lipinski definition) is 8. The fourth-order valence-electron chi connectivity index (χ4n) is 4.33. The largest absolute Gasteiger partial charge is 0.365 e. The van der Waals surface area contributed by atoms with Crippen LogP contribution < -0.4 is 15.5 Å². The molecule has 0 unspecified atom stereocenters. The van der Waals surface area contributed by atoms with E-state index in [9.17, 15) is 23.3 Å². The third-order valence-electron chi connectivity index (χ3n) is 6.07. The Labute approximate surface area is 192 Å². The highest BCUT2D eigenvalue weighted by molar-refractivity contribution is 7.89. The smallest absolute Gasteiger partial charge is 0.293 e. The summed E-state index contributed by atoms with van der Waals surface area (Å²) in [6, 6.07) is 7.38. The molecule has 3 heterocycles. The topological polar surface area (TPSA) is 143 Å². The molecule has 1 aromatic heterocycles. The van der Waals surface area contributed by atoms with Crippen LogP contribution >= 0.6 is 0 Å². The summed E-state index contributed by atoms with van der Waals surface area (Å²) in [4.78, 5) is 31.0. The van der Waals surface area contributed by atoms with Crippen molar-refractivity contribution in [2.24, 2.45) is 5.73 Å². The second-order valence-electron chi connectivity index (χ2n) is 8.09. The van der Waals surface area contributed by atoms with E-state index in [1.54, 1.807) is 18.3 Å². The van der Waals surface area contributed by atoms with Gasteiger partial charge in [-0.2, -0.15) is 4.31 Å². The van der Waals surface area contributed by atoms with Gasteiger partial charge in [-0.1, -0.05) is 6.42 Å². The minimum Gasteiger partial charge on any atom is -0.365 e. The molecular weight excluding hydrogens is 448 g/mol. The molecule has 2 saturated heterocycles. The number of aromatic nitrogens is 1. The Kier molecular flexibility index (Phi) is 6.47. The number of sulfonamides is 1. The zero-order valence-corrected chi connectivity index (χ0v) is 18.9. The van der Waals surface area contributed by atoms with Crippen LogP contribution in [0.3, 0.4) is 0 Å². The number of amides is 1. The number of nitrogens with two attached hydrogens (primary N) is 1. The standard InChI is InChI=1S/C21H26N6O5S/c22-20(28)17-5-4-8-23-21(17)25-13-11-24(12-14-25)18-7-6-16(15-19(18)27(29)30)33(31,32)26-9-2-1-3-10-26/h4-8,15H,1-3,9-14H2,(H2,22,28). The molecule has 2 aliphatic rings. The lowest BCUT2D eigenvalue weighted by atomic mass is 10.2. The SMILES string of the molecule is NC(=O)c1cccnc1N1CCN(c2ccc(S(=O)(=O)N3CCCCC3)cc2[N+](=O)[O-])CC1. The van der Waals surface area contributed by atoms with Crippen LogP contribution in [0.25, 0.3) is 0 Å². The predicted octanol–water partition coefficient (Wildman–Crippen LogP) is 1.59. The summed E-state index contributed by atoms with van der Waals surface area (Å²) in [7, 11) is -3.77. The van der Waals surface area contributed by atoms with Gasteiger partial charge < -0.3 is 15.5 Å². The lowest BCUT2D eigenvalue weighted by Gasteiger charge is -2.37. The van der Waals surface area contributed by atoms with Gasteiger partial charge >= 0.3 is 0 Å². The summed E-state index contributed by atoms with van der Waals surface area (Å²) in [5.74, 6) is -0.0798. The highest BCUT2D eigenvalue weighted by Crippen LogP contribution is 2.33. The molecule has 2 aromatic rings. The van der Waals surface area contributed by atoms with E-state index in [1.165, 1.54) is 16.4 Å². The van der Waals surface area contributed by atoms with Crippen molar-refractivity contribution < 1.29 is 18.1 Å². The molecule has 0 saturated carbocycles. The summed E-state index contributed by atoms with van der Waals surface area (Å²) < 4.78 is 27.3. The Hall–Kier alpha value is -3.25. The minimum absolute atomic E-state index is 0.0573. The fourth-order valence-corrected chi connectivity index (χ4v) is 5.87. The molecule has 176 valence electrons. The van der Waals surface area contributed by atoms with Crippen molar-refractivity contribution >= 4 is 33.1 Å². The number of piperidine rings is 1. The number of nitro groups is 1. The van der Waals surface area contributed by atoms with Crippen molar-refractivity contribution in [2.45, 2.75) is 24.2 Å². The Morgan fingerprint density at radius 2 is 1.67 bits per heavy atom. The van der Waals surface area contributed by atoms with Crippen molar-refractivity contribution in [1.29, 1.82) is 0 Å². The first-order chi connectivity index (χ1) is 15.8. The van der Waals surface area contributed by atoms with E-state index in [4.69, 9.17) is 5.73 Å². The zero-order chi connectivity index (χ0) is 23.6. The van der Waals surface area contributed by atoms with E-state index in [0.29, 0.717) is 56.3 Å². The molecule has 1 aromatic carbocycles.